The molecule has 3 aromatic rings. The lowest BCUT2D eigenvalue weighted by Gasteiger charge is -2.34. The van der Waals surface area contributed by atoms with Crippen molar-refractivity contribution in [3.8, 4) is 16.9 Å². The molecule has 0 amide bonds. The first-order valence-electron chi connectivity index (χ1n) is 10.5. The first-order valence-corrected chi connectivity index (χ1v) is 10.5. The van der Waals surface area contributed by atoms with Gasteiger partial charge in [0.1, 0.15) is 23.7 Å². The van der Waals surface area contributed by atoms with Crippen LogP contribution in [0.4, 0.5) is 0 Å². The molecule has 2 aromatic carbocycles. The molecule has 1 N–H and O–H groups in total. The van der Waals surface area contributed by atoms with E-state index in [9.17, 15) is 4.79 Å². The van der Waals surface area contributed by atoms with Gasteiger partial charge in [0, 0.05) is 45.3 Å². The molecule has 30 heavy (non-hydrogen) atoms. The van der Waals surface area contributed by atoms with Crippen molar-refractivity contribution in [3.05, 3.63) is 64.5 Å². The number of ether oxygens (including phenoxy) is 1. The van der Waals surface area contributed by atoms with Gasteiger partial charge in [0.25, 0.3) is 0 Å². The topological polar surface area (TPSA) is 66.2 Å². The van der Waals surface area contributed by atoms with Gasteiger partial charge in [0.15, 0.2) is 0 Å². The van der Waals surface area contributed by atoms with Crippen molar-refractivity contribution in [1.29, 1.82) is 0 Å². The van der Waals surface area contributed by atoms with Crippen LogP contribution in [-0.4, -0.2) is 67.4 Å². The molecule has 0 aliphatic carbocycles. The number of benzene rings is 2. The van der Waals surface area contributed by atoms with Gasteiger partial charge in [-0.15, -0.1) is 0 Å². The van der Waals surface area contributed by atoms with Crippen LogP contribution in [0.1, 0.15) is 5.76 Å². The SMILES string of the molecule is Cc1oc2cc(OCCN3CCN(CCO)CC3)ccc2c(=O)c1-c1ccccc1. The Morgan fingerprint density at radius 2 is 1.70 bits per heavy atom. The molecular formula is C24H28N2O4. The molecule has 4 rings (SSSR count). The minimum absolute atomic E-state index is 0.0211. The molecule has 1 aliphatic heterocycles. The molecule has 0 saturated carbocycles. The van der Waals surface area contributed by atoms with Crippen molar-refractivity contribution in [2.75, 3.05) is 52.5 Å². The number of aliphatic hydroxyl groups excluding tert-OH is 1. The summed E-state index contributed by atoms with van der Waals surface area (Å²) in [5.41, 5.74) is 2.00. The van der Waals surface area contributed by atoms with Crippen LogP contribution < -0.4 is 10.2 Å². The number of nitrogens with zero attached hydrogens (tertiary/aromatic N) is 2. The van der Waals surface area contributed by atoms with Crippen LogP contribution in [0, 0.1) is 6.92 Å². The summed E-state index contributed by atoms with van der Waals surface area (Å²) in [4.78, 5) is 17.7. The Kier molecular flexibility index (Phi) is 6.47. The highest BCUT2D eigenvalue weighted by molar-refractivity contribution is 5.83. The van der Waals surface area contributed by atoms with Crippen LogP contribution in [0.2, 0.25) is 0 Å². The van der Waals surface area contributed by atoms with Crippen molar-refractivity contribution in [1.82, 2.24) is 9.80 Å². The van der Waals surface area contributed by atoms with Gasteiger partial charge >= 0.3 is 0 Å². The highest BCUT2D eigenvalue weighted by Crippen LogP contribution is 2.26. The summed E-state index contributed by atoms with van der Waals surface area (Å²) in [6.45, 7) is 8.14. The highest BCUT2D eigenvalue weighted by Gasteiger charge is 2.16. The fourth-order valence-corrected chi connectivity index (χ4v) is 3.98. The van der Waals surface area contributed by atoms with E-state index in [0.717, 1.165) is 44.8 Å². The maximum absolute atomic E-state index is 13.0. The van der Waals surface area contributed by atoms with Crippen LogP contribution in [-0.2, 0) is 0 Å². The maximum Gasteiger partial charge on any atom is 0.200 e. The number of fused-ring (bicyclic) bond motifs is 1. The van der Waals surface area contributed by atoms with Gasteiger partial charge in [0.05, 0.1) is 17.6 Å². The van der Waals surface area contributed by atoms with Crippen molar-refractivity contribution in [3.63, 3.8) is 0 Å². The van der Waals surface area contributed by atoms with Crippen molar-refractivity contribution in [2.24, 2.45) is 0 Å². The normalized spacial score (nSPS) is 15.5. The Labute approximate surface area is 176 Å². The van der Waals surface area contributed by atoms with Crippen molar-refractivity contribution < 1.29 is 14.3 Å². The molecule has 1 fully saturated rings. The van der Waals surface area contributed by atoms with Gasteiger partial charge in [-0.2, -0.15) is 0 Å². The number of β-amino-alcohol motifs (C(OH)–C–C–N with tert-alkyl or cyclic N) is 1. The Hall–Kier alpha value is -2.67. The smallest absolute Gasteiger partial charge is 0.200 e. The zero-order valence-electron chi connectivity index (χ0n) is 17.3. The van der Waals surface area contributed by atoms with E-state index in [4.69, 9.17) is 14.3 Å². The molecule has 0 radical (unpaired) electrons. The number of aryl methyl sites for hydroxylation is 1. The van der Waals surface area contributed by atoms with Crippen LogP contribution in [0.15, 0.2) is 57.7 Å². The van der Waals surface area contributed by atoms with E-state index in [1.54, 1.807) is 12.1 Å². The standard InChI is InChI=1S/C24H28N2O4/c1-18-23(19-5-3-2-4-6-19)24(28)21-8-7-20(17-22(21)30-18)29-16-14-26-11-9-25(10-12-26)13-15-27/h2-8,17,27H,9-16H2,1H3. The molecule has 1 aliphatic rings. The van der Waals surface area contributed by atoms with E-state index in [2.05, 4.69) is 9.80 Å². The molecule has 6 nitrogen and oxygen atoms in total. The second kappa shape index (κ2) is 9.43. The van der Waals surface area contributed by atoms with Gasteiger partial charge in [0.2, 0.25) is 5.43 Å². The maximum atomic E-state index is 13.0. The summed E-state index contributed by atoms with van der Waals surface area (Å²) in [5, 5.41) is 9.59. The molecular weight excluding hydrogens is 380 g/mol. The van der Waals surface area contributed by atoms with Gasteiger partial charge in [-0.05, 0) is 24.6 Å². The number of piperazine rings is 1. The largest absolute Gasteiger partial charge is 0.492 e. The van der Waals surface area contributed by atoms with E-state index in [1.807, 2.05) is 43.3 Å². The van der Waals surface area contributed by atoms with Crippen LogP contribution in [0.5, 0.6) is 5.75 Å². The molecule has 2 heterocycles. The third-order valence-corrected chi connectivity index (χ3v) is 5.66. The molecule has 0 bridgehead atoms. The van der Waals surface area contributed by atoms with Crippen LogP contribution in [0.25, 0.3) is 22.1 Å². The zero-order chi connectivity index (χ0) is 20.9. The van der Waals surface area contributed by atoms with Crippen LogP contribution >= 0.6 is 0 Å². The van der Waals surface area contributed by atoms with Gasteiger partial charge in [-0.1, -0.05) is 30.3 Å². The number of aliphatic hydroxyl groups is 1. The minimum atomic E-state index is -0.0211. The fourth-order valence-electron chi connectivity index (χ4n) is 3.98. The van der Waals surface area contributed by atoms with Gasteiger partial charge in [-0.3, -0.25) is 14.6 Å². The van der Waals surface area contributed by atoms with E-state index in [-0.39, 0.29) is 12.0 Å². The second-order valence-electron chi connectivity index (χ2n) is 7.64. The molecule has 0 spiro atoms. The molecule has 6 heteroatoms. The zero-order valence-corrected chi connectivity index (χ0v) is 17.3. The Morgan fingerprint density at radius 3 is 2.40 bits per heavy atom. The molecule has 158 valence electrons. The summed E-state index contributed by atoms with van der Waals surface area (Å²) >= 11 is 0. The highest BCUT2D eigenvalue weighted by atomic mass is 16.5. The average molecular weight is 408 g/mol. The summed E-state index contributed by atoms with van der Waals surface area (Å²) < 4.78 is 11.9. The number of rotatable bonds is 7. The summed E-state index contributed by atoms with van der Waals surface area (Å²) in [6, 6.07) is 15.0. The van der Waals surface area contributed by atoms with Gasteiger partial charge in [-0.25, -0.2) is 0 Å². The summed E-state index contributed by atoms with van der Waals surface area (Å²) in [5.74, 6) is 1.31. The third-order valence-electron chi connectivity index (χ3n) is 5.66. The fraction of sp³-hybridized carbons (Fsp3) is 0.375. The number of hydrogen-bond donors (Lipinski definition) is 1. The quantitative estimate of drug-likeness (QED) is 0.649. The monoisotopic (exact) mass is 408 g/mol. The predicted octanol–water partition coefficient (Wildman–Crippen LogP) is 2.76. The lowest BCUT2D eigenvalue weighted by molar-refractivity contribution is 0.102. The Bertz CT molecular complexity index is 1040. The molecule has 0 atom stereocenters. The summed E-state index contributed by atoms with van der Waals surface area (Å²) in [7, 11) is 0. The van der Waals surface area contributed by atoms with E-state index < -0.39 is 0 Å². The first kappa shape index (κ1) is 20.6. The van der Waals surface area contributed by atoms with E-state index in [1.165, 1.54) is 0 Å². The minimum Gasteiger partial charge on any atom is -0.492 e. The molecule has 1 saturated heterocycles. The predicted molar refractivity (Wildman–Crippen MR) is 118 cm³/mol. The van der Waals surface area contributed by atoms with E-state index >= 15 is 0 Å². The van der Waals surface area contributed by atoms with Gasteiger partial charge < -0.3 is 14.3 Å². The Balaban J connectivity index is 1.42. The first-order chi connectivity index (χ1) is 14.7. The van der Waals surface area contributed by atoms with Crippen LogP contribution in [0.3, 0.4) is 0 Å². The number of hydrogen-bond acceptors (Lipinski definition) is 6. The Morgan fingerprint density at radius 1 is 1.00 bits per heavy atom. The average Bonchev–Trinajstić information content (AvgIpc) is 2.76. The lowest BCUT2D eigenvalue weighted by atomic mass is 10.0. The molecule has 0 unspecified atom stereocenters. The van der Waals surface area contributed by atoms with Crippen molar-refractivity contribution in [2.45, 2.75) is 6.92 Å². The summed E-state index contributed by atoms with van der Waals surface area (Å²) in [6.07, 6.45) is 0. The third kappa shape index (κ3) is 4.56. The molecule has 1 aromatic heterocycles. The van der Waals surface area contributed by atoms with E-state index in [0.29, 0.717) is 34.6 Å². The van der Waals surface area contributed by atoms with Crippen molar-refractivity contribution >= 4 is 11.0 Å². The second-order valence-corrected chi connectivity index (χ2v) is 7.64. The lowest BCUT2D eigenvalue weighted by Crippen LogP contribution is -2.48.